The summed E-state index contributed by atoms with van der Waals surface area (Å²) >= 11 is 0. The zero-order valence-electron chi connectivity index (χ0n) is 12.6. The predicted molar refractivity (Wildman–Crippen MR) is 86.5 cm³/mol. The highest BCUT2D eigenvalue weighted by molar-refractivity contribution is 7.92. The van der Waals surface area contributed by atoms with E-state index in [-0.39, 0.29) is 24.5 Å². The monoisotopic (exact) mass is 333 g/mol. The van der Waals surface area contributed by atoms with Crippen LogP contribution in [-0.2, 0) is 15.8 Å². The molecule has 2 aromatic rings. The summed E-state index contributed by atoms with van der Waals surface area (Å²) in [7, 11) is -3.65. The summed E-state index contributed by atoms with van der Waals surface area (Å²) in [6.07, 6.45) is 0.166. The molecule has 120 valence electrons. The van der Waals surface area contributed by atoms with Crippen LogP contribution in [-0.4, -0.2) is 20.7 Å². The Labute approximate surface area is 134 Å². The van der Waals surface area contributed by atoms with Crippen molar-refractivity contribution in [2.45, 2.75) is 19.1 Å². The number of carbonyl (C=O) groups is 1. The van der Waals surface area contributed by atoms with Crippen molar-refractivity contribution in [3.05, 3.63) is 65.0 Å². The number of anilines is 1. The summed E-state index contributed by atoms with van der Waals surface area (Å²) in [4.78, 5) is 12.0. The van der Waals surface area contributed by atoms with Crippen LogP contribution < -0.4 is 4.31 Å². The van der Waals surface area contributed by atoms with Crippen LogP contribution in [0.15, 0.2) is 42.5 Å². The summed E-state index contributed by atoms with van der Waals surface area (Å²) in [5, 5.41) is 0. The normalized spacial score (nSPS) is 14.7. The Kier molecular flexibility index (Phi) is 3.93. The molecule has 0 N–H and O–H groups in total. The number of hydrogen-bond acceptors (Lipinski definition) is 3. The molecule has 1 aliphatic rings. The number of hydrogen-bond donors (Lipinski definition) is 0. The van der Waals surface area contributed by atoms with E-state index in [0.29, 0.717) is 16.8 Å². The van der Waals surface area contributed by atoms with Crippen LogP contribution in [0.1, 0.15) is 27.9 Å². The Morgan fingerprint density at radius 2 is 1.83 bits per heavy atom. The van der Waals surface area contributed by atoms with Crippen molar-refractivity contribution in [2.24, 2.45) is 0 Å². The van der Waals surface area contributed by atoms with Gasteiger partial charge in [0, 0.05) is 18.5 Å². The highest BCUT2D eigenvalue weighted by atomic mass is 32.2. The van der Waals surface area contributed by atoms with Crippen molar-refractivity contribution in [3.63, 3.8) is 0 Å². The first-order valence-electron chi connectivity index (χ1n) is 7.26. The molecule has 0 spiro atoms. The van der Waals surface area contributed by atoms with Gasteiger partial charge in [-0.05, 0) is 36.2 Å². The van der Waals surface area contributed by atoms with E-state index < -0.39 is 15.8 Å². The smallest absolute Gasteiger partial charge is 0.239 e. The fraction of sp³-hybridized carbons (Fsp3) is 0.235. The second-order valence-corrected chi connectivity index (χ2v) is 7.49. The number of para-hydroxylation sites is 1. The van der Waals surface area contributed by atoms with E-state index in [4.69, 9.17) is 0 Å². The van der Waals surface area contributed by atoms with Gasteiger partial charge in [-0.25, -0.2) is 12.8 Å². The number of fused-ring (bicyclic) bond motifs is 1. The van der Waals surface area contributed by atoms with Crippen molar-refractivity contribution in [1.82, 2.24) is 0 Å². The molecule has 0 bridgehead atoms. The average molecular weight is 333 g/mol. The van der Waals surface area contributed by atoms with Crippen LogP contribution in [0.4, 0.5) is 10.1 Å². The summed E-state index contributed by atoms with van der Waals surface area (Å²) in [6, 6.07) is 10.6. The van der Waals surface area contributed by atoms with E-state index in [2.05, 4.69) is 0 Å². The van der Waals surface area contributed by atoms with Crippen LogP contribution in [0, 0.1) is 12.7 Å². The van der Waals surface area contributed by atoms with Gasteiger partial charge in [0.2, 0.25) is 10.0 Å². The van der Waals surface area contributed by atoms with Crippen LogP contribution in [0.3, 0.4) is 0 Å². The molecule has 23 heavy (non-hydrogen) atoms. The Morgan fingerprint density at radius 1 is 1.13 bits per heavy atom. The number of benzene rings is 2. The SMILES string of the molecule is Cc1cccc2c1N(S(=O)(=O)Cc1ccc(F)cc1)CCC2=O. The van der Waals surface area contributed by atoms with Crippen LogP contribution >= 0.6 is 0 Å². The standard InChI is InChI=1S/C17H16FNO3S/c1-12-3-2-4-15-16(20)9-10-19(17(12)15)23(21,22)11-13-5-7-14(18)8-6-13/h2-8H,9-11H2,1H3. The lowest BCUT2D eigenvalue weighted by Gasteiger charge is -2.31. The fourth-order valence-corrected chi connectivity index (χ4v) is 4.47. The molecular formula is C17H16FNO3S. The number of aryl methyl sites for hydroxylation is 1. The number of sulfonamides is 1. The Hall–Kier alpha value is -2.21. The van der Waals surface area contributed by atoms with E-state index in [1.54, 1.807) is 25.1 Å². The molecule has 3 rings (SSSR count). The first-order chi connectivity index (χ1) is 10.9. The maximum atomic E-state index is 13.0. The number of nitrogens with zero attached hydrogens (tertiary/aromatic N) is 1. The molecule has 1 aliphatic heterocycles. The number of rotatable bonds is 3. The highest BCUT2D eigenvalue weighted by Gasteiger charge is 2.32. The van der Waals surface area contributed by atoms with E-state index in [1.165, 1.54) is 28.6 Å². The zero-order chi connectivity index (χ0) is 16.6. The second-order valence-electron chi connectivity index (χ2n) is 5.60. The van der Waals surface area contributed by atoms with Crippen molar-refractivity contribution < 1.29 is 17.6 Å². The first-order valence-corrected chi connectivity index (χ1v) is 8.87. The van der Waals surface area contributed by atoms with Crippen molar-refractivity contribution in [3.8, 4) is 0 Å². The minimum atomic E-state index is -3.65. The van der Waals surface area contributed by atoms with E-state index in [0.717, 1.165) is 5.56 Å². The molecule has 0 saturated heterocycles. The van der Waals surface area contributed by atoms with Gasteiger partial charge in [-0.15, -0.1) is 0 Å². The lowest BCUT2D eigenvalue weighted by Crippen LogP contribution is -2.38. The molecule has 4 nitrogen and oxygen atoms in total. The van der Waals surface area contributed by atoms with Gasteiger partial charge in [-0.1, -0.05) is 24.3 Å². The molecule has 1 heterocycles. The molecule has 2 aromatic carbocycles. The van der Waals surface area contributed by atoms with E-state index >= 15 is 0 Å². The third kappa shape index (κ3) is 2.99. The molecule has 0 aromatic heterocycles. The molecule has 0 aliphatic carbocycles. The quantitative estimate of drug-likeness (QED) is 0.867. The van der Waals surface area contributed by atoms with Gasteiger partial charge in [0.15, 0.2) is 5.78 Å². The number of halogens is 1. The lowest BCUT2D eigenvalue weighted by atomic mass is 9.99. The number of Topliss-reactive ketones (excluding diaryl/α,β-unsaturated/α-hetero) is 1. The van der Waals surface area contributed by atoms with Gasteiger partial charge >= 0.3 is 0 Å². The Morgan fingerprint density at radius 3 is 2.52 bits per heavy atom. The van der Waals surface area contributed by atoms with E-state index in [9.17, 15) is 17.6 Å². The van der Waals surface area contributed by atoms with Crippen LogP contribution in [0.2, 0.25) is 0 Å². The van der Waals surface area contributed by atoms with Crippen LogP contribution in [0.5, 0.6) is 0 Å². The topological polar surface area (TPSA) is 54.5 Å². The summed E-state index contributed by atoms with van der Waals surface area (Å²) in [6.45, 7) is 1.93. The van der Waals surface area contributed by atoms with Crippen molar-refractivity contribution in [1.29, 1.82) is 0 Å². The zero-order valence-corrected chi connectivity index (χ0v) is 13.4. The molecule has 0 atom stereocenters. The molecule has 0 unspecified atom stereocenters. The predicted octanol–water partition coefficient (Wildman–Crippen LogP) is 3.06. The van der Waals surface area contributed by atoms with Crippen molar-refractivity contribution in [2.75, 3.05) is 10.8 Å². The third-order valence-electron chi connectivity index (χ3n) is 3.93. The highest BCUT2D eigenvalue weighted by Crippen LogP contribution is 2.33. The molecule has 0 amide bonds. The lowest BCUT2D eigenvalue weighted by molar-refractivity contribution is 0.0982. The Balaban J connectivity index is 2.00. The van der Waals surface area contributed by atoms with Gasteiger partial charge in [-0.2, -0.15) is 0 Å². The van der Waals surface area contributed by atoms with E-state index in [1.807, 2.05) is 0 Å². The number of ketones is 1. The van der Waals surface area contributed by atoms with Crippen LogP contribution in [0.25, 0.3) is 0 Å². The average Bonchev–Trinajstić information content (AvgIpc) is 2.50. The minimum absolute atomic E-state index is 0.0445. The Bertz CT molecular complexity index is 860. The second kappa shape index (κ2) is 5.77. The molecular weight excluding hydrogens is 317 g/mol. The maximum absolute atomic E-state index is 13.0. The summed E-state index contributed by atoms with van der Waals surface area (Å²) in [5.74, 6) is -0.678. The minimum Gasteiger partial charge on any atom is -0.294 e. The van der Waals surface area contributed by atoms with Crippen molar-refractivity contribution >= 4 is 21.5 Å². The largest absolute Gasteiger partial charge is 0.294 e. The number of carbonyl (C=O) groups excluding carboxylic acids is 1. The van der Waals surface area contributed by atoms with Gasteiger partial charge in [0.05, 0.1) is 11.4 Å². The van der Waals surface area contributed by atoms with Gasteiger partial charge in [0.1, 0.15) is 5.82 Å². The summed E-state index contributed by atoms with van der Waals surface area (Å²) < 4.78 is 39.8. The third-order valence-corrected chi connectivity index (χ3v) is 5.66. The molecule has 0 fully saturated rings. The molecule has 6 heteroatoms. The molecule has 0 saturated carbocycles. The van der Waals surface area contributed by atoms with Gasteiger partial charge < -0.3 is 0 Å². The van der Waals surface area contributed by atoms with Gasteiger partial charge in [-0.3, -0.25) is 9.10 Å². The summed E-state index contributed by atoms with van der Waals surface area (Å²) in [5.41, 5.74) is 2.17. The maximum Gasteiger partial charge on any atom is 0.239 e. The van der Waals surface area contributed by atoms with Gasteiger partial charge in [0.25, 0.3) is 0 Å². The first kappa shape index (κ1) is 15.7. The fourth-order valence-electron chi connectivity index (χ4n) is 2.81. The molecule has 0 radical (unpaired) electrons.